The van der Waals surface area contributed by atoms with E-state index in [1.165, 1.54) is 12.1 Å². The fraction of sp³-hybridized carbons (Fsp3) is 0.333. The largest absolute Gasteiger partial charge is 0.384 e. The van der Waals surface area contributed by atoms with Crippen molar-refractivity contribution in [3.8, 4) is 0 Å². The molecule has 1 aromatic carbocycles. The first-order valence-corrected chi connectivity index (χ1v) is 7.25. The molecule has 0 radical (unpaired) electrons. The molecule has 1 aliphatic heterocycles. The minimum Gasteiger partial charge on any atom is -0.384 e. The van der Waals surface area contributed by atoms with Gasteiger partial charge in [-0.3, -0.25) is 0 Å². The van der Waals surface area contributed by atoms with Crippen LogP contribution in [-0.2, 0) is 16.4 Å². The summed E-state index contributed by atoms with van der Waals surface area (Å²) in [5, 5.41) is 3.07. The summed E-state index contributed by atoms with van der Waals surface area (Å²) < 4.78 is 35.4. The summed E-state index contributed by atoms with van der Waals surface area (Å²) in [5.74, 6) is 0.0383. The van der Waals surface area contributed by atoms with Gasteiger partial charge in [-0.15, -0.1) is 0 Å². The Morgan fingerprint density at radius 3 is 2.59 bits per heavy atom. The van der Waals surface area contributed by atoms with Crippen molar-refractivity contribution < 1.29 is 12.8 Å². The van der Waals surface area contributed by atoms with Crippen LogP contribution in [0.2, 0.25) is 0 Å². The van der Waals surface area contributed by atoms with Crippen molar-refractivity contribution in [1.82, 2.24) is 5.32 Å². The van der Waals surface area contributed by atoms with E-state index in [1.807, 2.05) is 6.08 Å². The van der Waals surface area contributed by atoms with Crippen LogP contribution in [0.15, 0.2) is 36.0 Å². The second-order valence-electron chi connectivity index (χ2n) is 4.09. The lowest BCUT2D eigenvalue weighted by Crippen LogP contribution is -2.25. The van der Waals surface area contributed by atoms with Gasteiger partial charge in [0, 0.05) is 12.2 Å². The molecule has 0 atom stereocenters. The van der Waals surface area contributed by atoms with E-state index in [-0.39, 0.29) is 17.3 Å². The van der Waals surface area contributed by atoms with E-state index >= 15 is 0 Å². The van der Waals surface area contributed by atoms with Crippen molar-refractivity contribution >= 4 is 9.84 Å². The lowest BCUT2D eigenvalue weighted by Gasteiger charge is -2.15. The Balaban J connectivity index is 1.95. The van der Waals surface area contributed by atoms with Crippen LogP contribution in [0.1, 0.15) is 12.0 Å². The third kappa shape index (κ3) is 3.56. The Morgan fingerprint density at radius 1 is 1.24 bits per heavy atom. The Hall–Kier alpha value is -1.36. The van der Waals surface area contributed by atoms with Crippen molar-refractivity contribution in [3.63, 3.8) is 0 Å². The standard InChI is InChI=1S/C12H14FNO2S/c13-11-5-3-10(4-6-11)8-14-12-2-1-7-17(15,16)9-12/h2-6,14H,1,7-9H2. The van der Waals surface area contributed by atoms with Gasteiger partial charge in [-0.2, -0.15) is 0 Å². The highest BCUT2D eigenvalue weighted by Crippen LogP contribution is 2.10. The molecule has 0 aromatic heterocycles. The Labute approximate surface area is 100 Å². The van der Waals surface area contributed by atoms with Crippen molar-refractivity contribution in [1.29, 1.82) is 0 Å². The molecule has 0 spiro atoms. The molecule has 0 aliphatic carbocycles. The summed E-state index contributed by atoms with van der Waals surface area (Å²) in [7, 11) is -2.93. The molecule has 1 aliphatic rings. The molecule has 2 rings (SSSR count). The third-order valence-electron chi connectivity index (χ3n) is 2.63. The fourth-order valence-electron chi connectivity index (χ4n) is 1.72. The topological polar surface area (TPSA) is 46.2 Å². The van der Waals surface area contributed by atoms with Crippen LogP contribution >= 0.6 is 0 Å². The van der Waals surface area contributed by atoms with Gasteiger partial charge in [0.2, 0.25) is 0 Å². The van der Waals surface area contributed by atoms with Gasteiger partial charge in [0.25, 0.3) is 0 Å². The summed E-state index contributed by atoms with van der Waals surface area (Å²) in [4.78, 5) is 0. The summed E-state index contributed by atoms with van der Waals surface area (Å²) in [5.41, 5.74) is 1.66. The van der Waals surface area contributed by atoms with Gasteiger partial charge in [-0.25, -0.2) is 12.8 Å². The SMILES string of the molecule is O=S1(=O)CCC=C(NCc2ccc(F)cc2)C1. The van der Waals surface area contributed by atoms with Crippen molar-refractivity contribution in [2.45, 2.75) is 13.0 Å². The quantitative estimate of drug-likeness (QED) is 0.892. The molecule has 17 heavy (non-hydrogen) atoms. The molecule has 1 heterocycles. The smallest absolute Gasteiger partial charge is 0.156 e. The first-order valence-electron chi connectivity index (χ1n) is 5.43. The third-order valence-corrected chi connectivity index (χ3v) is 4.24. The number of hydrogen-bond acceptors (Lipinski definition) is 3. The zero-order chi connectivity index (χ0) is 12.3. The second kappa shape index (κ2) is 4.87. The molecule has 1 N–H and O–H groups in total. The monoisotopic (exact) mass is 255 g/mol. The maximum atomic E-state index is 12.7. The first kappa shape index (κ1) is 12.1. The van der Waals surface area contributed by atoms with E-state index in [2.05, 4.69) is 5.32 Å². The number of rotatable bonds is 3. The van der Waals surface area contributed by atoms with Gasteiger partial charge in [0.15, 0.2) is 9.84 Å². The minimum absolute atomic E-state index is 0.0776. The van der Waals surface area contributed by atoms with Gasteiger partial charge in [0.1, 0.15) is 5.82 Å². The molecular formula is C12H14FNO2S. The second-order valence-corrected chi connectivity index (χ2v) is 6.27. The number of benzene rings is 1. The highest BCUT2D eigenvalue weighted by molar-refractivity contribution is 7.91. The van der Waals surface area contributed by atoms with Crippen LogP contribution < -0.4 is 5.32 Å². The predicted molar refractivity (Wildman–Crippen MR) is 64.6 cm³/mol. The van der Waals surface area contributed by atoms with E-state index in [9.17, 15) is 12.8 Å². The van der Waals surface area contributed by atoms with Crippen molar-refractivity contribution in [3.05, 3.63) is 47.4 Å². The zero-order valence-electron chi connectivity index (χ0n) is 9.32. The summed E-state index contributed by atoms with van der Waals surface area (Å²) >= 11 is 0. The van der Waals surface area contributed by atoms with Crippen LogP contribution in [0, 0.1) is 5.82 Å². The Bertz CT molecular complexity index is 520. The summed E-state index contributed by atoms with van der Waals surface area (Å²) in [6, 6.07) is 6.15. The van der Waals surface area contributed by atoms with Crippen molar-refractivity contribution in [2.75, 3.05) is 11.5 Å². The van der Waals surface area contributed by atoms with Crippen LogP contribution in [-0.4, -0.2) is 19.9 Å². The van der Waals surface area contributed by atoms with E-state index in [1.54, 1.807) is 12.1 Å². The van der Waals surface area contributed by atoms with Gasteiger partial charge >= 0.3 is 0 Å². The Kier molecular flexibility index (Phi) is 3.47. The zero-order valence-corrected chi connectivity index (χ0v) is 10.1. The molecule has 0 unspecified atom stereocenters. The highest BCUT2D eigenvalue weighted by atomic mass is 32.2. The van der Waals surface area contributed by atoms with Crippen LogP contribution in [0.5, 0.6) is 0 Å². The number of hydrogen-bond donors (Lipinski definition) is 1. The summed E-state index contributed by atoms with van der Waals surface area (Å²) in [6.07, 6.45) is 2.47. The molecule has 0 saturated heterocycles. The van der Waals surface area contributed by atoms with Gasteiger partial charge < -0.3 is 5.32 Å². The van der Waals surface area contributed by atoms with Crippen molar-refractivity contribution in [2.24, 2.45) is 0 Å². The number of sulfone groups is 1. The van der Waals surface area contributed by atoms with Crippen LogP contribution in [0.25, 0.3) is 0 Å². The predicted octanol–water partition coefficient (Wildman–Crippen LogP) is 1.62. The average molecular weight is 255 g/mol. The Morgan fingerprint density at radius 2 is 1.94 bits per heavy atom. The first-order chi connectivity index (χ1) is 8.05. The van der Waals surface area contributed by atoms with Gasteiger partial charge in [0.05, 0.1) is 11.5 Å². The molecule has 0 saturated carbocycles. The van der Waals surface area contributed by atoms with E-state index in [0.717, 1.165) is 11.3 Å². The van der Waals surface area contributed by atoms with E-state index in [0.29, 0.717) is 13.0 Å². The van der Waals surface area contributed by atoms with Gasteiger partial charge in [-0.05, 0) is 24.1 Å². The van der Waals surface area contributed by atoms with Gasteiger partial charge in [-0.1, -0.05) is 18.2 Å². The van der Waals surface area contributed by atoms with E-state index in [4.69, 9.17) is 0 Å². The average Bonchev–Trinajstić information content (AvgIpc) is 2.27. The minimum atomic E-state index is -2.93. The molecule has 0 bridgehead atoms. The molecule has 0 amide bonds. The highest BCUT2D eigenvalue weighted by Gasteiger charge is 2.17. The lowest BCUT2D eigenvalue weighted by atomic mass is 10.2. The molecular weight excluding hydrogens is 241 g/mol. The number of allylic oxidation sites excluding steroid dienone is 1. The summed E-state index contributed by atoms with van der Waals surface area (Å²) in [6.45, 7) is 0.516. The van der Waals surface area contributed by atoms with Crippen LogP contribution in [0.3, 0.4) is 0 Å². The maximum absolute atomic E-state index is 12.7. The normalized spacial score (nSPS) is 18.5. The lowest BCUT2D eigenvalue weighted by molar-refractivity contribution is 0.593. The maximum Gasteiger partial charge on any atom is 0.156 e. The molecule has 5 heteroatoms. The molecule has 1 aromatic rings. The molecule has 0 fully saturated rings. The fourth-order valence-corrected chi connectivity index (χ4v) is 3.04. The van der Waals surface area contributed by atoms with Crippen LogP contribution in [0.4, 0.5) is 4.39 Å². The molecule has 3 nitrogen and oxygen atoms in total. The number of halogens is 1. The molecule has 92 valence electrons. The number of nitrogens with one attached hydrogen (secondary N) is 1. The van der Waals surface area contributed by atoms with E-state index < -0.39 is 9.84 Å².